The Kier molecular flexibility index (Phi) is 6.35. The second kappa shape index (κ2) is 8.47. The lowest BCUT2D eigenvalue weighted by Crippen LogP contribution is -2.38. The normalized spacial score (nSPS) is 11.6. The second-order valence-electron chi connectivity index (χ2n) is 5.77. The maximum Gasteiger partial charge on any atom is 0.191 e. The van der Waals surface area contributed by atoms with Gasteiger partial charge in [-0.1, -0.05) is 12.1 Å². The Labute approximate surface area is 143 Å². The van der Waals surface area contributed by atoms with Gasteiger partial charge < -0.3 is 10.6 Å². The van der Waals surface area contributed by atoms with Gasteiger partial charge in [0.1, 0.15) is 5.82 Å². The largest absolute Gasteiger partial charge is 0.357 e. The van der Waals surface area contributed by atoms with Crippen molar-refractivity contribution in [2.75, 3.05) is 13.1 Å². The number of benzene rings is 1. The van der Waals surface area contributed by atoms with E-state index in [1.54, 1.807) is 12.1 Å². The molecule has 0 aliphatic heterocycles. The zero-order valence-electron chi connectivity index (χ0n) is 14.9. The SMILES string of the molecule is CCNC(=NCc1c(C)nn(C)c1C)NCCc1cccc(F)c1. The summed E-state index contributed by atoms with van der Waals surface area (Å²) < 4.78 is 15.1. The van der Waals surface area contributed by atoms with Gasteiger partial charge in [-0.25, -0.2) is 9.38 Å². The Balaban J connectivity index is 1.95. The van der Waals surface area contributed by atoms with E-state index in [-0.39, 0.29) is 5.82 Å². The summed E-state index contributed by atoms with van der Waals surface area (Å²) in [4.78, 5) is 4.63. The Morgan fingerprint density at radius 2 is 2.08 bits per heavy atom. The van der Waals surface area contributed by atoms with Crippen molar-refractivity contribution in [3.05, 3.63) is 52.6 Å². The van der Waals surface area contributed by atoms with Crippen molar-refractivity contribution in [3.8, 4) is 0 Å². The molecule has 0 unspecified atom stereocenters. The summed E-state index contributed by atoms with van der Waals surface area (Å²) >= 11 is 0. The van der Waals surface area contributed by atoms with E-state index >= 15 is 0 Å². The van der Waals surface area contributed by atoms with Crippen molar-refractivity contribution >= 4 is 5.96 Å². The molecule has 2 aromatic rings. The van der Waals surface area contributed by atoms with Gasteiger partial charge in [0.25, 0.3) is 0 Å². The van der Waals surface area contributed by atoms with Crippen LogP contribution in [-0.2, 0) is 20.0 Å². The average Bonchev–Trinajstić information content (AvgIpc) is 2.78. The van der Waals surface area contributed by atoms with Crippen molar-refractivity contribution in [1.29, 1.82) is 0 Å². The number of aromatic nitrogens is 2. The molecule has 24 heavy (non-hydrogen) atoms. The maximum absolute atomic E-state index is 13.2. The minimum atomic E-state index is -0.199. The average molecular weight is 331 g/mol. The first-order chi connectivity index (χ1) is 11.5. The molecule has 1 aromatic carbocycles. The van der Waals surface area contributed by atoms with Crippen molar-refractivity contribution in [2.45, 2.75) is 33.7 Å². The second-order valence-corrected chi connectivity index (χ2v) is 5.77. The molecule has 1 heterocycles. The number of hydrogen-bond donors (Lipinski definition) is 2. The Morgan fingerprint density at radius 1 is 1.29 bits per heavy atom. The summed E-state index contributed by atoms with van der Waals surface area (Å²) in [5.41, 5.74) is 4.26. The van der Waals surface area contributed by atoms with E-state index in [1.807, 2.05) is 31.6 Å². The molecule has 2 N–H and O–H groups in total. The molecule has 0 aliphatic carbocycles. The molecular formula is C18H26FN5. The van der Waals surface area contributed by atoms with Crippen LogP contribution in [0.3, 0.4) is 0 Å². The van der Waals surface area contributed by atoms with E-state index in [0.29, 0.717) is 13.1 Å². The molecule has 0 saturated heterocycles. The number of nitrogens with one attached hydrogen (secondary N) is 2. The zero-order chi connectivity index (χ0) is 17.5. The minimum Gasteiger partial charge on any atom is -0.357 e. The smallest absolute Gasteiger partial charge is 0.191 e. The summed E-state index contributed by atoms with van der Waals surface area (Å²) in [6, 6.07) is 6.68. The van der Waals surface area contributed by atoms with Gasteiger partial charge in [0.15, 0.2) is 5.96 Å². The number of rotatable bonds is 6. The summed E-state index contributed by atoms with van der Waals surface area (Å²) in [7, 11) is 1.94. The maximum atomic E-state index is 13.2. The van der Waals surface area contributed by atoms with Crippen LogP contribution in [0.2, 0.25) is 0 Å². The highest BCUT2D eigenvalue weighted by molar-refractivity contribution is 5.79. The third kappa shape index (κ3) is 4.81. The van der Waals surface area contributed by atoms with E-state index in [9.17, 15) is 4.39 Å². The van der Waals surface area contributed by atoms with Gasteiger partial charge in [-0.15, -0.1) is 0 Å². The van der Waals surface area contributed by atoms with Crippen LogP contribution >= 0.6 is 0 Å². The molecular weight excluding hydrogens is 305 g/mol. The summed E-state index contributed by atoms with van der Waals surface area (Å²) in [5.74, 6) is 0.562. The molecule has 0 aliphatic rings. The van der Waals surface area contributed by atoms with Crippen LogP contribution in [0.25, 0.3) is 0 Å². The fourth-order valence-electron chi connectivity index (χ4n) is 2.56. The Morgan fingerprint density at radius 3 is 2.71 bits per heavy atom. The monoisotopic (exact) mass is 331 g/mol. The zero-order valence-corrected chi connectivity index (χ0v) is 14.9. The number of aryl methyl sites for hydroxylation is 2. The van der Waals surface area contributed by atoms with Crippen molar-refractivity contribution in [1.82, 2.24) is 20.4 Å². The van der Waals surface area contributed by atoms with Crippen LogP contribution in [0, 0.1) is 19.7 Å². The molecule has 0 atom stereocenters. The lowest BCUT2D eigenvalue weighted by molar-refractivity contribution is 0.625. The van der Waals surface area contributed by atoms with E-state index in [0.717, 1.165) is 41.4 Å². The van der Waals surface area contributed by atoms with Crippen LogP contribution in [0.5, 0.6) is 0 Å². The summed E-state index contributed by atoms with van der Waals surface area (Å²) in [6.07, 6.45) is 0.743. The van der Waals surface area contributed by atoms with Crippen LogP contribution in [0.4, 0.5) is 4.39 Å². The molecule has 5 nitrogen and oxygen atoms in total. The fraction of sp³-hybridized carbons (Fsp3) is 0.444. The molecule has 0 radical (unpaired) electrons. The highest BCUT2D eigenvalue weighted by Crippen LogP contribution is 2.12. The fourth-order valence-corrected chi connectivity index (χ4v) is 2.56. The predicted octanol–water partition coefficient (Wildman–Crippen LogP) is 2.47. The quantitative estimate of drug-likeness (QED) is 0.631. The van der Waals surface area contributed by atoms with E-state index < -0.39 is 0 Å². The molecule has 0 fully saturated rings. The topological polar surface area (TPSA) is 54.2 Å². The first kappa shape index (κ1) is 18.0. The van der Waals surface area contributed by atoms with Crippen molar-refractivity contribution in [3.63, 3.8) is 0 Å². The third-order valence-corrected chi connectivity index (χ3v) is 3.99. The third-order valence-electron chi connectivity index (χ3n) is 3.99. The van der Waals surface area contributed by atoms with Crippen LogP contribution < -0.4 is 10.6 Å². The predicted molar refractivity (Wildman–Crippen MR) is 95.6 cm³/mol. The molecule has 1 aromatic heterocycles. The van der Waals surface area contributed by atoms with E-state index in [1.165, 1.54) is 6.07 Å². The van der Waals surface area contributed by atoms with Gasteiger partial charge >= 0.3 is 0 Å². The molecule has 6 heteroatoms. The van der Waals surface area contributed by atoms with E-state index in [4.69, 9.17) is 0 Å². The van der Waals surface area contributed by atoms with Gasteiger partial charge in [0.2, 0.25) is 0 Å². The van der Waals surface area contributed by atoms with Gasteiger partial charge in [0.05, 0.1) is 12.2 Å². The number of guanidine groups is 1. The first-order valence-corrected chi connectivity index (χ1v) is 8.27. The lowest BCUT2D eigenvalue weighted by atomic mass is 10.1. The van der Waals surface area contributed by atoms with Gasteiger partial charge in [-0.05, 0) is 44.9 Å². The number of hydrogen-bond acceptors (Lipinski definition) is 2. The molecule has 2 rings (SSSR count). The Bertz CT molecular complexity index is 705. The molecule has 0 amide bonds. The summed E-state index contributed by atoms with van der Waals surface area (Å²) in [5, 5.41) is 10.9. The van der Waals surface area contributed by atoms with Crippen LogP contribution in [0.15, 0.2) is 29.3 Å². The van der Waals surface area contributed by atoms with E-state index in [2.05, 4.69) is 27.6 Å². The van der Waals surface area contributed by atoms with Crippen molar-refractivity contribution < 1.29 is 4.39 Å². The molecule has 0 spiro atoms. The molecule has 0 saturated carbocycles. The number of halogens is 1. The summed E-state index contributed by atoms with van der Waals surface area (Å²) in [6.45, 7) is 8.15. The minimum absolute atomic E-state index is 0.199. The standard InChI is InChI=1S/C18H26FN5/c1-5-20-18(21-10-9-15-7-6-8-16(19)11-15)22-12-17-13(2)23-24(4)14(17)3/h6-8,11H,5,9-10,12H2,1-4H3,(H2,20,21,22). The molecule has 130 valence electrons. The van der Waals surface area contributed by atoms with Gasteiger partial charge in [-0.3, -0.25) is 4.68 Å². The Hall–Kier alpha value is -2.37. The van der Waals surface area contributed by atoms with Gasteiger partial charge in [0, 0.05) is 31.4 Å². The number of aliphatic imine (C=N–C) groups is 1. The van der Waals surface area contributed by atoms with Crippen LogP contribution in [-0.4, -0.2) is 28.8 Å². The number of nitrogens with zero attached hydrogens (tertiary/aromatic N) is 3. The lowest BCUT2D eigenvalue weighted by Gasteiger charge is -2.11. The van der Waals surface area contributed by atoms with Gasteiger partial charge in [-0.2, -0.15) is 5.10 Å². The van der Waals surface area contributed by atoms with Crippen LogP contribution in [0.1, 0.15) is 29.4 Å². The highest BCUT2D eigenvalue weighted by Gasteiger charge is 2.09. The first-order valence-electron chi connectivity index (χ1n) is 8.27. The molecule has 0 bridgehead atoms. The highest BCUT2D eigenvalue weighted by atomic mass is 19.1. The van der Waals surface area contributed by atoms with Crippen molar-refractivity contribution in [2.24, 2.45) is 12.0 Å².